The van der Waals surface area contributed by atoms with E-state index in [0.717, 1.165) is 22.5 Å². The fourth-order valence-electron chi connectivity index (χ4n) is 3.47. The summed E-state index contributed by atoms with van der Waals surface area (Å²) >= 11 is 0. The SMILES string of the molecule is COc1cc(C=Nc2c(C)n(C)n(-c3ccccc3)c2=O)ccc1OCc1ccc(F)cc1. The third-order valence-corrected chi connectivity index (χ3v) is 5.36. The molecule has 1 aromatic heterocycles. The van der Waals surface area contributed by atoms with Crippen LogP contribution in [-0.2, 0) is 13.7 Å². The number of halogens is 1. The molecule has 0 radical (unpaired) electrons. The second kappa shape index (κ2) is 9.56. The molecule has 0 fully saturated rings. The van der Waals surface area contributed by atoms with E-state index < -0.39 is 0 Å². The Morgan fingerprint density at radius 3 is 2.42 bits per heavy atom. The highest BCUT2D eigenvalue weighted by Gasteiger charge is 2.15. The van der Waals surface area contributed by atoms with Gasteiger partial charge in [0, 0.05) is 13.3 Å². The molecule has 0 aliphatic rings. The first-order valence-electron chi connectivity index (χ1n) is 10.4. The van der Waals surface area contributed by atoms with Crippen LogP contribution in [0.2, 0.25) is 0 Å². The van der Waals surface area contributed by atoms with Crippen molar-refractivity contribution in [2.24, 2.45) is 12.0 Å². The van der Waals surface area contributed by atoms with Crippen LogP contribution in [0.25, 0.3) is 5.69 Å². The molecule has 3 aromatic carbocycles. The van der Waals surface area contributed by atoms with Crippen LogP contribution in [0.15, 0.2) is 82.6 Å². The van der Waals surface area contributed by atoms with Crippen LogP contribution in [0.4, 0.5) is 10.1 Å². The molecule has 4 rings (SSSR count). The smallest absolute Gasteiger partial charge is 0.297 e. The van der Waals surface area contributed by atoms with Crippen molar-refractivity contribution in [3.8, 4) is 17.2 Å². The summed E-state index contributed by atoms with van der Waals surface area (Å²) in [5.41, 5.74) is 3.32. The van der Waals surface area contributed by atoms with Gasteiger partial charge in [0.2, 0.25) is 0 Å². The van der Waals surface area contributed by atoms with Crippen LogP contribution in [0.1, 0.15) is 16.8 Å². The summed E-state index contributed by atoms with van der Waals surface area (Å²) in [6.07, 6.45) is 1.63. The molecule has 0 saturated heterocycles. The van der Waals surface area contributed by atoms with E-state index in [4.69, 9.17) is 9.47 Å². The summed E-state index contributed by atoms with van der Waals surface area (Å²) in [4.78, 5) is 17.5. The molecule has 0 saturated carbocycles. The predicted octanol–water partition coefficient (Wildman–Crippen LogP) is 4.96. The van der Waals surface area contributed by atoms with E-state index in [2.05, 4.69) is 4.99 Å². The Morgan fingerprint density at radius 2 is 1.73 bits per heavy atom. The lowest BCUT2D eigenvalue weighted by molar-refractivity contribution is 0.284. The third kappa shape index (κ3) is 4.72. The molecule has 0 amide bonds. The van der Waals surface area contributed by atoms with Crippen LogP contribution < -0.4 is 15.0 Å². The second-order valence-corrected chi connectivity index (χ2v) is 7.49. The maximum atomic E-state index is 13.1. The predicted molar refractivity (Wildman–Crippen MR) is 127 cm³/mol. The van der Waals surface area contributed by atoms with Gasteiger partial charge in [-0.2, -0.15) is 0 Å². The number of hydrogen-bond donors (Lipinski definition) is 0. The largest absolute Gasteiger partial charge is 0.493 e. The molecule has 7 heteroatoms. The number of benzene rings is 3. The van der Waals surface area contributed by atoms with Crippen LogP contribution in [0, 0.1) is 12.7 Å². The zero-order valence-corrected chi connectivity index (χ0v) is 18.7. The minimum Gasteiger partial charge on any atom is -0.493 e. The van der Waals surface area contributed by atoms with E-state index in [1.807, 2.05) is 50.4 Å². The maximum absolute atomic E-state index is 13.1. The highest BCUT2D eigenvalue weighted by atomic mass is 19.1. The molecule has 6 nitrogen and oxygen atoms in total. The summed E-state index contributed by atoms with van der Waals surface area (Å²) in [5, 5.41) is 0. The van der Waals surface area contributed by atoms with E-state index in [1.54, 1.807) is 47.0 Å². The van der Waals surface area contributed by atoms with E-state index >= 15 is 0 Å². The fourth-order valence-corrected chi connectivity index (χ4v) is 3.47. The molecule has 4 aromatic rings. The lowest BCUT2D eigenvalue weighted by Crippen LogP contribution is -2.19. The first-order valence-corrected chi connectivity index (χ1v) is 10.4. The van der Waals surface area contributed by atoms with Crippen LogP contribution in [0.3, 0.4) is 0 Å². The average Bonchev–Trinajstić information content (AvgIpc) is 3.05. The van der Waals surface area contributed by atoms with Crippen molar-refractivity contribution in [1.29, 1.82) is 0 Å². The zero-order chi connectivity index (χ0) is 23.4. The third-order valence-electron chi connectivity index (χ3n) is 5.36. The van der Waals surface area contributed by atoms with Crippen LogP contribution in [-0.4, -0.2) is 22.7 Å². The molecule has 168 valence electrons. The highest BCUT2D eigenvalue weighted by Crippen LogP contribution is 2.28. The van der Waals surface area contributed by atoms with Gasteiger partial charge in [-0.3, -0.25) is 9.48 Å². The van der Waals surface area contributed by atoms with Gasteiger partial charge in [0.05, 0.1) is 18.5 Å². The van der Waals surface area contributed by atoms with Gasteiger partial charge in [-0.15, -0.1) is 0 Å². The van der Waals surface area contributed by atoms with Crippen molar-refractivity contribution in [3.63, 3.8) is 0 Å². The average molecular weight is 445 g/mol. The molecule has 0 atom stereocenters. The lowest BCUT2D eigenvalue weighted by atomic mass is 10.2. The minimum absolute atomic E-state index is 0.191. The Morgan fingerprint density at radius 1 is 1.00 bits per heavy atom. The first-order chi connectivity index (χ1) is 16.0. The summed E-state index contributed by atoms with van der Waals surface area (Å²) in [6, 6.07) is 21.0. The van der Waals surface area contributed by atoms with Crippen LogP contribution >= 0.6 is 0 Å². The Hall–Kier alpha value is -4.13. The normalized spacial score (nSPS) is 11.2. The molecule has 1 heterocycles. The Kier molecular flexibility index (Phi) is 6.40. The number of rotatable bonds is 7. The molecule has 0 spiro atoms. The quantitative estimate of drug-likeness (QED) is 0.378. The fraction of sp³-hybridized carbons (Fsp3) is 0.154. The summed E-state index contributed by atoms with van der Waals surface area (Å²) < 4.78 is 27.7. The Labute approximate surface area is 191 Å². The summed E-state index contributed by atoms with van der Waals surface area (Å²) in [6.45, 7) is 2.15. The van der Waals surface area contributed by atoms with Gasteiger partial charge in [-0.25, -0.2) is 14.1 Å². The molecular formula is C26H24FN3O3. The first kappa shape index (κ1) is 22.1. The van der Waals surface area contributed by atoms with Crippen molar-refractivity contribution in [2.45, 2.75) is 13.5 Å². The summed E-state index contributed by atoms with van der Waals surface area (Å²) in [7, 11) is 3.39. The topological polar surface area (TPSA) is 57.8 Å². The number of nitrogens with zero attached hydrogens (tertiary/aromatic N) is 3. The summed E-state index contributed by atoms with van der Waals surface area (Å²) in [5.74, 6) is 0.804. The monoisotopic (exact) mass is 445 g/mol. The molecule has 0 N–H and O–H groups in total. The van der Waals surface area contributed by atoms with E-state index in [-0.39, 0.29) is 18.0 Å². The molecule has 0 unspecified atom stereocenters. The Balaban J connectivity index is 1.56. The molecule has 33 heavy (non-hydrogen) atoms. The number of aromatic nitrogens is 2. The van der Waals surface area contributed by atoms with Crippen molar-refractivity contribution in [1.82, 2.24) is 9.36 Å². The van der Waals surface area contributed by atoms with Crippen molar-refractivity contribution >= 4 is 11.9 Å². The number of methoxy groups -OCH3 is 1. The highest BCUT2D eigenvalue weighted by molar-refractivity contribution is 5.83. The minimum atomic E-state index is -0.288. The number of hydrogen-bond acceptors (Lipinski definition) is 4. The van der Waals surface area contributed by atoms with E-state index in [0.29, 0.717) is 17.2 Å². The molecule has 0 bridgehead atoms. The van der Waals surface area contributed by atoms with Crippen molar-refractivity contribution < 1.29 is 13.9 Å². The van der Waals surface area contributed by atoms with Gasteiger partial charge in [0.15, 0.2) is 17.2 Å². The van der Waals surface area contributed by atoms with Gasteiger partial charge in [0.1, 0.15) is 12.4 Å². The van der Waals surface area contributed by atoms with Gasteiger partial charge < -0.3 is 9.47 Å². The van der Waals surface area contributed by atoms with Gasteiger partial charge in [-0.1, -0.05) is 30.3 Å². The van der Waals surface area contributed by atoms with Gasteiger partial charge in [-0.05, 0) is 60.5 Å². The van der Waals surface area contributed by atoms with E-state index in [9.17, 15) is 9.18 Å². The Bertz CT molecular complexity index is 1340. The van der Waals surface area contributed by atoms with Gasteiger partial charge >= 0.3 is 0 Å². The maximum Gasteiger partial charge on any atom is 0.297 e. The molecule has 0 aliphatic heterocycles. The molecular weight excluding hydrogens is 421 g/mol. The zero-order valence-electron chi connectivity index (χ0n) is 18.7. The van der Waals surface area contributed by atoms with Crippen molar-refractivity contribution in [3.05, 3.63) is 106 Å². The lowest BCUT2D eigenvalue weighted by Gasteiger charge is -2.11. The second-order valence-electron chi connectivity index (χ2n) is 7.49. The number of para-hydroxylation sites is 1. The standard InChI is InChI=1S/C26H24FN3O3/c1-18-25(26(31)30(29(18)2)22-7-5-4-6-8-22)28-16-20-11-14-23(24(15-20)32-3)33-17-19-9-12-21(27)13-10-19/h4-16H,17H2,1-3H3. The number of aliphatic imine (C=N–C) groups is 1. The van der Waals surface area contributed by atoms with E-state index in [1.165, 1.54) is 12.1 Å². The van der Waals surface area contributed by atoms with Gasteiger partial charge in [0.25, 0.3) is 5.56 Å². The molecule has 0 aliphatic carbocycles. The number of ether oxygens (including phenoxy) is 2. The van der Waals surface area contributed by atoms with Crippen molar-refractivity contribution in [2.75, 3.05) is 7.11 Å². The van der Waals surface area contributed by atoms with Crippen LogP contribution in [0.5, 0.6) is 11.5 Å².